The molecule has 2 aromatic rings. The van der Waals surface area contributed by atoms with E-state index in [-0.39, 0.29) is 5.54 Å². The highest BCUT2D eigenvalue weighted by Gasteiger charge is 2.19. The van der Waals surface area contributed by atoms with Gasteiger partial charge in [0.05, 0.1) is 23.8 Å². The van der Waals surface area contributed by atoms with E-state index in [0.29, 0.717) is 0 Å². The van der Waals surface area contributed by atoms with Crippen molar-refractivity contribution in [2.24, 2.45) is 5.73 Å². The summed E-state index contributed by atoms with van der Waals surface area (Å²) in [4.78, 5) is 4.17. The molecule has 2 N–H and O–H groups in total. The molecule has 0 unspecified atom stereocenters. The fraction of sp³-hybridized carbons (Fsp3) is 0.250. The second kappa shape index (κ2) is 4.18. The summed E-state index contributed by atoms with van der Waals surface area (Å²) in [5.41, 5.74) is 7.81. The van der Waals surface area contributed by atoms with E-state index in [1.807, 2.05) is 24.6 Å². The first-order valence-corrected chi connectivity index (χ1v) is 6.14. The van der Waals surface area contributed by atoms with Crippen LogP contribution < -0.4 is 5.73 Å². The number of nitrogens with zero attached hydrogens (tertiary/aromatic N) is 2. The second-order valence-electron chi connectivity index (χ2n) is 4.35. The molecule has 0 atom stereocenters. The van der Waals surface area contributed by atoms with Gasteiger partial charge in [-0.1, -0.05) is 0 Å². The Bertz CT molecular complexity index is 480. The lowest BCUT2D eigenvalue weighted by Gasteiger charge is -2.20. The first-order chi connectivity index (χ1) is 7.48. The van der Waals surface area contributed by atoms with Gasteiger partial charge in [0.25, 0.3) is 0 Å². The van der Waals surface area contributed by atoms with Crippen molar-refractivity contribution in [1.29, 1.82) is 0 Å². The van der Waals surface area contributed by atoms with E-state index in [0.717, 1.165) is 11.4 Å². The van der Waals surface area contributed by atoms with Crippen molar-refractivity contribution in [1.82, 2.24) is 9.55 Å². The fourth-order valence-electron chi connectivity index (χ4n) is 1.58. The normalized spacial score (nSPS) is 11.8. The van der Waals surface area contributed by atoms with Gasteiger partial charge in [0.1, 0.15) is 0 Å². The molecule has 16 heavy (non-hydrogen) atoms. The maximum atomic E-state index is 6.11. The van der Waals surface area contributed by atoms with Gasteiger partial charge in [0, 0.05) is 9.26 Å². The lowest BCUT2D eigenvalue weighted by atomic mass is 10.0. The van der Waals surface area contributed by atoms with Gasteiger partial charge in [0.15, 0.2) is 0 Å². The van der Waals surface area contributed by atoms with Crippen molar-refractivity contribution in [3.63, 3.8) is 0 Å². The van der Waals surface area contributed by atoms with E-state index in [1.165, 1.54) is 3.57 Å². The molecule has 0 amide bonds. The number of hydrogen-bond acceptors (Lipinski definition) is 2. The number of nitrogens with two attached hydrogens (primary N) is 1. The largest absolute Gasteiger partial charge is 0.321 e. The summed E-state index contributed by atoms with van der Waals surface area (Å²) in [7, 11) is 0. The predicted octanol–water partition coefficient (Wildman–Crippen LogP) is 2.67. The number of benzene rings is 1. The van der Waals surface area contributed by atoms with Crippen LogP contribution in [0.3, 0.4) is 0 Å². The van der Waals surface area contributed by atoms with Crippen molar-refractivity contribution < 1.29 is 0 Å². The third-order valence-electron chi connectivity index (χ3n) is 2.40. The van der Waals surface area contributed by atoms with Gasteiger partial charge >= 0.3 is 0 Å². The van der Waals surface area contributed by atoms with Crippen LogP contribution in [0.1, 0.15) is 19.5 Å². The maximum absolute atomic E-state index is 6.11. The average molecular weight is 327 g/mol. The molecule has 0 fully saturated rings. The number of halogens is 1. The van der Waals surface area contributed by atoms with Crippen LogP contribution in [0.15, 0.2) is 36.8 Å². The third kappa shape index (κ3) is 2.27. The molecule has 84 valence electrons. The number of rotatable bonds is 2. The molecule has 3 nitrogen and oxygen atoms in total. The second-order valence-corrected chi connectivity index (χ2v) is 5.59. The van der Waals surface area contributed by atoms with Crippen LogP contribution in [0.2, 0.25) is 0 Å². The Morgan fingerprint density at radius 3 is 2.44 bits per heavy atom. The molecular formula is C12H14IN3. The van der Waals surface area contributed by atoms with Gasteiger partial charge in [0.2, 0.25) is 0 Å². The topological polar surface area (TPSA) is 43.8 Å². The van der Waals surface area contributed by atoms with E-state index >= 15 is 0 Å². The summed E-state index contributed by atoms with van der Waals surface area (Å²) in [6, 6.07) is 8.28. The van der Waals surface area contributed by atoms with E-state index in [1.54, 1.807) is 6.33 Å². The Balaban J connectivity index is 2.49. The van der Waals surface area contributed by atoms with Crippen LogP contribution in [-0.4, -0.2) is 9.55 Å². The smallest absolute Gasteiger partial charge is 0.0994 e. The molecule has 2 rings (SSSR count). The summed E-state index contributed by atoms with van der Waals surface area (Å²) in [5.74, 6) is 0. The van der Waals surface area contributed by atoms with Crippen LogP contribution in [0.25, 0.3) is 5.69 Å². The maximum Gasteiger partial charge on any atom is 0.0994 e. The first kappa shape index (κ1) is 11.6. The summed E-state index contributed by atoms with van der Waals surface area (Å²) in [6.07, 6.45) is 3.62. The Morgan fingerprint density at radius 1 is 1.25 bits per heavy atom. The molecule has 0 aliphatic heterocycles. The van der Waals surface area contributed by atoms with Gasteiger partial charge in [-0.05, 0) is 60.7 Å². The molecular weight excluding hydrogens is 313 g/mol. The first-order valence-electron chi connectivity index (χ1n) is 5.06. The van der Waals surface area contributed by atoms with E-state index in [9.17, 15) is 0 Å². The third-order valence-corrected chi connectivity index (χ3v) is 3.12. The zero-order chi connectivity index (χ0) is 11.8. The van der Waals surface area contributed by atoms with Crippen molar-refractivity contribution >= 4 is 22.6 Å². The van der Waals surface area contributed by atoms with Gasteiger partial charge < -0.3 is 10.3 Å². The van der Waals surface area contributed by atoms with E-state index in [2.05, 4.69) is 51.8 Å². The van der Waals surface area contributed by atoms with Crippen LogP contribution >= 0.6 is 22.6 Å². The van der Waals surface area contributed by atoms with E-state index in [4.69, 9.17) is 5.73 Å². The van der Waals surface area contributed by atoms with Gasteiger partial charge in [-0.15, -0.1) is 0 Å². The summed E-state index contributed by atoms with van der Waals surface area (Å²) < 4.78 is 3.24. The molecule has 0 saturated heterocycles. The van der Waals surface area contributed by atoms with Gasteiger partial charge in [-0.25, -0.2) is 4.98 Å². The lowest BCUT2D eigenvalue weighted by molar-refractivity contribution is 0.524. The predicted molar refractivity (Wildman–Crippen MR) is 73.5 cm³/mol. The minimum atomic E-state index is -0.389. The average Bonchev–Trinajstić information content (AvgIpc) is 2.66. The molecule has 0 aliphatic carbocycles. The van der Waals surface area contributed by atoms with Crippen molar-refractivity contribution in [3.8, 4) is 5.69 Å². The molecule has 1 heterocycles. The fourth-order valence-corrected chi connectivity index (χ4v) is 1.94. The minimum Gasteiger partial charge on any atom is -0.321 e. The highest BCUT2D eigenvalue weighted by Crippen LogP contribution is 2.20. The molecule has 0 saturated carbocycles. The lowest BCUT2D eigenvalue weighted by Crippen LogP contribution is -2.31. The summed E-state index contributed by atoms with van der Waals surface area (Å²) in [5, 5.41) is 0. The molecule has 0 bridgehead atoms. The summed E-state index contributed by atoms with van der Waals surface area (Å²) >= 11 is 2.29. The Morgan fingerprint density at radius 2 is 1.88 bits per heavy atom. The number of aromatic nitrogens is 2. The Kier molecular flexibility index (Phi) is 3.03. The number of imidazole rings is 1. The van der Waals surface area contributed by atoms with E-state index < -0.39 is 0 Å². The van der Waals surface area contributed by atoms with Gasteiger partial charge in [-0.3, -0.25) is 0 Å². The quantitative estimate of drug-likeness (QED) is 0.862. The molecule has 1 aromatic heterocycles. The number of hydrogen-bond donors (Lipinski definition) is 1. The Hall–Kier alpha value is -0.880. The zero-order valence-corrected chi connectivity index (χ0v) is 11.5. The van der Waals surface area contributed by atoms with Crippen molar-refractivity contribution in [2.75, 3.05) is 0 Å². The molecule has 0 spiro atoms. The van der Waals surface area contributed by atoms with Crippen LogP contribution in [0.4, 0.5) is 0 Å². The highest BCUT2D eigenvalue weighted by atomic mass is 127. The van der Waals surface area contributed by atoms with Crippen molar-refractivity contribution in [2.45, 2.75) is 19.4 Å². The summed E-state index contributed by atoms with van der Waals surface area (Å²) in [6.45, 7) is 3.96. The standard InChI is InChI=1S/C12H14IN3/c1-12(2,14)11-7-15-8-16(11)10-5-3-9(13)4-6-10/h3-8H,14H2,1-2H3. The van der Waals surface area contributed by atoms with Gasteiger partial charge in [-0.2, -0.15) is 0 Å². The van der Waals surface area contributed by atoms with Crippen LogP contribution in [-0.2, 0) is 5.54 Å². The SMILES string of the molecule is CC(C)(N)c1cncn1-c1ccc(I)cc1. The molecule has 4 heteroatoms. The molecule has 1 aromatic carbocycles. The van der Waals surface area contributed by atoms with Crippen LogP contribution in [0, 0.1) is 3.57 Å². The zero-order valence-electron chi connectivity index (χ0n) is 9.31. The molecule has 0 aliphatic rings. The van der Waals surface area contributed by atoms with Crippen molar-refractivity contribution in [3.05, 3.63) is 46.1 Å². The highest BCUT2D eigenvalue weighted by molar-refractivity contribution is 14.1. The minimum absolute atomic E-state index is 0.389. The van der Waals surface area contributed by atoms with Crippen LogP contribution in [0.5, 0.6) is 0 Å². The monoisotopic (exact) mass is 327 g/mol. The molecule has 0 radical (unpaired) electrons. The Labute approximate surface area is 109 Å².